The minimum Gasteiger partial charge on any atom is -0.468 e. The van der Waals surface area contributed by atoms with Crippen molar-refractivity contribution < 1.29 is 19.2 Å². The SMILES string of the molecule is COC(=O)C(C(C)=O)c1cc([N+](=O)[O-])ccc1N. The van der Waals surface area contributed by atoms with Crippen LogP contribution in [-0.2, 0) is 14.3 Å². The zero-order chi connectivity index (χ0) is 13.9. The Balaban J connectivity index is 3.35. The number of rotatable bonds is 4. The van der Waals surface area contributed by atoms with Crippen LogP contribution in [-0.4, -0.2) is 23.8 Å². The molecule has 1 aromatic carbocycles. The Labute approximate surface area is 103 Å². The number of nitrogen functional groups attached to an aromatic ring is 1. The quantitative estimate of drug-likeness (QED) is 0.281. The molecule has 0 aliphatic rings. The molecule has 0 aliphatic heterocycles. The van der Waals surface area contributed by atoms with Crippen LogP contribution in [0.15, 0.2) is 18.2 Å². The summed E-state index contributed by atoms with van der Waals surface area (Å²) < 4.78 is 4.50. The average molecular weight is 252 g/mol. The molecule has 0 saturated heterocycles. The molecule has 1 unspecified atom stereocenters. The lowest BCUT2D eigenvalue weighted by atomic mass is 9.93. The summed E-state index contributed by atoms with van der Waals surface area (Å²) in [4.78, 5) is 33.0. The van der Waals surface area contributed by atoms with E-state index in [2.05, 4.69) is 4.74 Å². The topological polar surface area (TPSA) is 113 Å². The number of hydrogen-bond donors (Lipinski definition) is 1. The fraction of sp³-hybridized carbons (Fsp3) is 0.273. The summed E-state index contributed by atoms with van der Waals surface area (Å²) in [5.74, 6) is -2.53. The molecule has 1 atom stereocenters. The predicted octanol–water partition coefficient (Wildman–Crippen LogP) is 1.02. The van der Waals surface area contributed by atoms with Crippen LogP contribution < -0.4 is 5.73 Å². The lowest BCUT2D eigenvalue weighted by Gasteiger charge is -2.13. The Morgan fingerprint density at radius 1 is 1.44 bits per heavy atom. The standard InChI is InChI=1S/C11H12N2O5/c1-6(14)10(11(15)18-2)8-5-7(13(16)17)3-4-9(8)12/h3-5,10H,12H2,1-2H3. The summed E-state index contributed by atoms with van der Waals surface area (Å²) in [6, 6.07) is 3.60. The maximum absolute atomic E-state index is 11.5. The van der Waals surface area contributed by atoms with Gasteiger partial charge in [-0.2, -0.15) is 0 Å². The number of ketones is 1. The third kappa shape index (κ3) is 2.62. The maximum atomic E-state index is 11.5. The normalized spacial score (nSPS) is 11.7. The average Bonchev–Trinajstić information content (AvgIpc) is 2.30. The maximum Gasteiger partial charge on any atom is 0.320 e. The fourth-order valence-electron chi connectivity index (χ4n) is 1.56. The smallest absolute Gasteiger partial charge is 0.320 e. The third-order valence-corrected chi connectivity index (χ3v) is 2.44. The highest BCUT2D eigenvalue weighted by Crippen LogP contribution is 2.28. The van der Waals surface area contributed by atoms with Crippen LogP contribution in [0.1, 0.15) is 18.4 Å². The third-order valence-electron chi connectivity index (χ3n) is 2.44. The largest absolute Gasteiger partial charge is 0.468 e. The highest BCUT2D eigenvalue weighted by Gasteiger charge is 2.29. The number of methoxy groups -OCH3 is 1. The van der Waals surface area contributed by atoms with Gasteiger partial charge in [0.05, 0.1) is 12.0 Å². The van der Waals surface area contributed by atoms with Crippen LogP contribution in [0.5, 0.6) is 0 Å². The van der Waals surface area contributed by atoms with Crippen LogP contribution in [0.2, 0.25) is 0 Å². The fourth-order valence-corrected chi connectivity index (χ4v) is 1.56. The number of nitrogens with two attached hydrogens (primary N) is 1. The van der Waals surface area contributed by atoms with Gasteiger partial charge in [0.15, 0.2) is 0 Å². The van der Waals surface area contributed by atoms with Crippen LogP contribution in [0.3, 0.4) is 0 Å². The molecule has 0 spiro atoms. The molecule has 2 N–H and O–H groups in total. The van der Waals surface area contributed by atoms with Crippen molar-refractivity contribution in [1.29, 1.82) is 0 Å². The van der Waals surface area contributed by atoms with E-state index in [1.807, 2.05) is 0 Å². The van der Waals surface area contributed by atoms with Crippen LogP contribution in [0, 0.1) is 10.1 Å². The molecule has 18 heavy (non-hydrogen) atoms. The van der Waals surface area contributed by atoms with Gasteiger partial charge in [0.25, 0.3) is 5.69 Å². The zero-order valence-corrected chi connectivity index (χ0v) is 9.88. The van der Waals surface area contributed by atoms with E-state index in [1.165, 1.54) is 19.1 Å². The number of hydrogen-bond acceptors (Lipinski definition) is 6. The minimum absolute atomic E-state index is 0.0866. The molecule has 0 fully saturated rings. The number of esters is 1. The number of ether oxygens (including phenoxy) is 1. The molecule has 0 aliphatic carbocycles. The molecule has 0 heterocycles. The van der Waals surface area contributed by atoms with Crippen LogP contribution >= 0.6 is 0 Å². The number of non-ortho nitro benzene ring substituents is 1. The van der Waals surface area contributed by atoms with Crippen molar-refractivity contribution in [1.82, 2.24) is 0 Å². The highest BCUT2D eigenvalue weighted by atomic mass is 16.6. The van der Waals surface area contributed by atoms with Gasteiger partial charge in [-0.15, -0.1) is 0 Å². The van der Waals surface area contributed by atoms with Gasteiger partial charge in [-0.05, 0) is 13.0 Å². The number of carbonyl (C=O) groups excluding carboxylic acids is 2. The molecular weight excluding hydrogens is 240 g/mol. The zero-order valence-electron chi connectivity index (χ0n) is 9.88. The second-order valence-corrected chi connectivity index (χ2v) is 3.64. The summed E-state index contributed by atoms with van der Waals surface area (Å²) in [7, 11) is 1.13. The van der Waals surface area contributed by atoms with Gasteiger partial charge < -0.3 is 10.5 Å². The van der Waals surface area contributed by atoms with Crippen LogP contribution in [0.4, 0.5) is 11.4 Å². The molecule has 0 aromatic heterocycles. The van der Waals surface area contributed by atoms with E-state index in [0.29, 0.717) is 0 Å². The summed E-state index contributed by atoms with van der Waals surface area (Å²) in [5, 5.41) is 10.7. The van der Waals surface area contributed by atoms with Gasteiger partial charge in [-0.3, -0.25) is 19.7 Å². The molecule has 7 heteroatoms. The monoisotopic (exact) mass is 252 g/mol. The van der Waals surface area contributed by atoms with E-state index >= 15 is 0 Å². The van der Waals surface area contributed by atoms with Crippen molar-refractivity contribution in [3.05, 3.63) is 33.9 Å². The van der Waals surface area contributed by atoms with Gasteiger partial charge in [-0.25, -0.2) is 0 Å². The van der Waals surface area contributed by atoms with Crippen molar-refractivity contribution in [3.63, 3.8) is 0 Å². The van der Waals surface area contributed by atoms with Crippen molar-refractivity contribution in [2.75, 3.05) is 12.8 Å². The molecule has 1 rings (SSSR count). The van der Waals surface area contributed by atoms with E-state index in [4.69, 9.17) is 5.73 Å². The van der Waals surface area contributed by atoms with Crippen molar-refractivity contribution >= 4 is 23.1 Å². The molecule has 1 aromatic rings. The lowest BCUT2D eigenvalue weighted by Crippen LogP contribution is -2.22. The first-order valence-electron chi connectivity index (χ1n) is 5.00. The first-order valence-corrected chi connectivity index (χ1v) is 5.00. The summed E-state index contributed by atoms with van der Waals surface area (Å²) >= 11 is 0. The number of anilines is 1. The Bertz CT molecular complexity index is 512. The predicted molar refractivity (Wildman–Crippen MR) is 62.9 cm³/mol. The number of nitro groups is 1. The number of Topliss-reactive ketones (excluding diaryl/α,β-unsaturated/α-hetero) is 1. The van der Waals surface area contributed by atoms with Gasteiger partial charge in [0.2, 0.25) is 0 Å². The van der Waals surface area contributed by atoms with E-state index in [1.54, 1.807) is 0 Å². The first kappa shape index (κ1) is 13.6. The summed E-state index contributed by atoms with van der Waals surface area (Å²) in [6.45, 7) is 1.19. The van der Waals surface area contributed by atoms with Crippen molar-refractivity contribution in [3.8, 4) is 0 Å². The van der Waals surface area contributed by atoms with E-state index in [9.17, 15) is 19.7 Å². The molecule has 0 bridgehead atoms. The second-order valence-electron chi connectivity index (χ2n) is 3.64. The number of carbonyl (C=O) groups is 2. The Morgan fingerprint density at radius 2 is 2.06 bits per heavy atom. The first-order chi connectivity index (χ1) is 8.38. The highest BCUT2D eigenvalue weighted by molar-refractivity contribution is 6.04. The van der Waals surface area contributed by atoms with Gasteiger partial charge in [-0.1, -0.05) is 0 Å². The number of nitrogens with zero attached hydrogens (tertiary/aromatic N) is 1. The Kier molecular flexibility index (Phi) is 3.98. The van der Waals surface area contributed by atoms with Crippen molar-refractivity contribution in [2.24, 2.45) is 0 Å². The Hall–Kier alpha value is -2.44. The Morgan fingerprint density at radius 3 is 2.50 bits per heavy atom. The van der Waals surface area contributed by atoms with E-state index in [-0.39, 0.29) is 16.9 Å². The number of benzene rings is 1. The molecule has 96 valence electrons. The molecule has 0 saturated carbocycles. The van der Waals surface area contributed by atoms with Gasteiger partial charge >= 0.3 is 5.97 Å². The van der Waals surface area contributed by atoms with E-state index < -0.39 is 22.6 Å². The molecule has 0 radical (unpaired) electrons. The molecule has 0 amide bonds. The number of nitro benzene ring substituents is 1. The lowest BCUT2D eigenvalue weighted by molar-refractivity contribution is -0.384. The van der Waals surface area contributed by atoms with E-state index in [0.717, 1.165) is 13.2 Å². The van der Waals surface area contributed by atoms with Crippen molar-refractivity contribution in [2.45, 2.75) is 12.8 Å². The summed E-state index contributed by atoms with van der Waals surface area (Å²) in [6.07, 6.45) is 0. The molecule has 7 nitrogen and oxygen atoms in total. The molecular formula is C11H12N2O5. The van der Waals surface area contributed by atoms with Crippen LogP contribution in [0.25, 0.3) is 0 Å². The second kappa shape index (κ2) is 5.26. The summed E-state index contributed by atoms with van der Waals surface area (Å²) in [5.41, 5.74) is 5.61. The van der Waals surface area contributed by atoms with Gasteiger partial charge in [0.1, 0.15) is 11.7 Å². The van der Waals surface area contributed by atoms with Gasteiger partial charge in [0, 0.05) is 23.4 Å². The minimum atomic E-state index is -1.24.